The minimum absolute atomic E-state index is 0.107. The van der Waals surface area contributed by atoms with Gasteiger partial charge in [0.25, 0.3) is 0 Å². The molecule has 0 aromatic heterocycles. The molecular weight excluding hydrogens is 144 g/mol. The van der Waals surface area contributed by atoms with E-state index >= 15 is 0 Å². The van der Waals surface area contributed by atoms with Crippen LogP contribution in [0.2, 0.25) is 0 Å². The first-order chi connectivity index (χ1) is 5.36. The average Bonchev–Trinajstić information content (AvgIpc) is 2.06. The third kappa shape index (κ3) is 2.48. The van der Waals surface area contributed by atoms with Crippen molar-refractivity contribution in [3.63, 3.8) is 0 Å². The Kier molecular flexibility index (Phi) is 3.32. The molecule has 11 heavy (non-hydrogen) atoms. The van der Waals surface area contributed by atoms with Gasteiger partial charge in [0.05, 0.1) is 6.73 Å². The van der Waals surface area contributed by atoms with Crippen LogP contribution in [-0.4, -0.2) is 41.2 Å². The van der Waals surface area contributed by atoms with Crippen LogP contribution in [0.5, 0.6) is 0 Å². The SMILES string of the molecule is OCN1CCCC(/C=N/O)C1. The van der Waals surface area contributed by atoms with Gasteiger partial charge in [0.15, 0.2) is 0 Å². The Balaban J connectivity index is 2.33. The summed E-state index contributed by atoms with van der Waals surface area (Å²) in [5, 5.41) is 20.1. The van der Waals surface area contributed by atoms with Gasteiger partial charge in [-0.05, 0) is 12.8 Å². The van der Waals surface area contributed by atoms with Crippen molar-refractivity contribution in [3.05, 3.63) is 0 Å². The molecule has 64 valence electrons. The van der Waals surface area contributed by atoms with Crippen LogP contribution >= 0.6 is 0 Å². The molecule has 0 aromatic carbocycles. The van der Waals surface area contributed by atoms with Crippen molar-refractivity contribution in [1.29, 1.82) is 0 Å². The van der Waals surface area contributed by atoms with Gasteiger partial charge >= 0.3 is 0 Å². The van der Waals surface area contributed by atoms with E-state index in [4.69, 9.17) is 10.3 Å². The van der Waals surface area contributed by atoms with Crippen LogP contribution < -0.4 is 0 Å². The predicted octanol–water partition coefficient (Wildman–Crippen LogP) is 0.108. The Hall–Kier alpha value is -0.610. The summed E-state index contributed by atoms with van der Waals surface area (Å²) in [6, 6.07) is 0. The molecule has 0 bridgehead atoms. The zero-order valence-corrected chi connectivity index (χ0v) is 6.48. The van der Waals surface area contributed by atoms with Gasteiger partial charge in [-0.15, -0.1) is 5.16 Å². The summed E-state index contributed by atoms with van der Waals surface area (Å²) < 4.78 is 0. The molecule has 1 aliphatic rings. The summed E-state index contributed by atoms with van der Waals surface area (Å²) in [4.78, 5) is 1.94. The Bertz CT molecular complexity index is 138. The summed E-state index contributed by atoms with van der Waals surface area (Å²) in [5.74, 6) is 0.306. The van der Waals surface area contributed by atoms with Crippen LogP contribution in [0.1, 0.15) is 12.8 Å². The fourth-order valence-corrected chi connectivity index (χ4v) is 1.44. The third-order valence-electron chi connectivity index (χ3n) is 2.02. The van der Waals surface area contributed by atoms with Gasteiger partial charge in [0.2, 0.25) is 0 Å². The van der Waals surface area contributed by atoms with Crippen LogP contribution in [0.15, 0.2) is 5.16 Å². The Morgan fingerprint density at radius 1 is 1.64 bits per heavy atom. The maximum absolute atomic E-state index is 8.80. The topological polar surface area (TPSA) is 56.1 Å². The number of hydrogen-bond acceptors (Lipinski definition) is 4. The number of oxime groups is 1. The quantitative estimate of drug-likeness (QED) is 0.340. The molecule has 0 aromatic rings. The van der Waals surface area contributed by atoms with E-state index in [9.17, 15) is 0 Å². The highest BCUT2D eigenvalue weighted by Gasteiger charge is 2.17. The van der Waals surface area contributed by atoms with Gasteiger partial charge in [-0.2, -0.15) is 0 Å². The fourth-order valence-electron chi connectivity index (χ4n) is 1.44. The maximum Gasteiger partial charge on any atom is 0.0956 e. The fraction of sp³-hybridized carbons (Fsp3) is 0.857. The van der Waals surface area contributed by atoms with Crippen molar-refractivity contribution in [3.8, 4) is 0 Å². The van der Waals surface area contributed by atoms with E-state index < -0.39 is 0 Å². The third-order valence-corrected chi connectivity index (χ3v) is 2.02. The summed E-state index contributed by atoms with van der Waals surface area (Å²) in [7, 11) is 0. The van der Waals surface area contributed by atoms with Gasteiger partial charge in [-0.3, -0.25) is 4.90 Å². The largest absolute Gasteiger partial charge is 0.411 e. The first kappa shape index (κ1) is 8.49. The molecule has 0 saturated carbocycles. The normalized spacial score (nSPS) is 27.9. The molecule has 1 unspecified atom stereocenters. The van der Waals surface area contributed by atoms with E-state index in [0.29, 0.717) is 5.92 Å². The van der Waals surface area contributed by atoms with Crippen LogP contribution in [0.25, 0.3) is 0 Å². The van der Waals surface area contributed by atoms with Crippen molar-refractivity contribution in [1.82, 2.24) is 4.90 Å². The zero-order valence-electron chi connectivity index (χ0n) is 6.48. The highest BCUT2D eigenvalue weighted by atomic mass is 16.4. The predicted molar refractivity (Wildman–Crippen MR) is 41.7 cm³/mol. The van der Waals surface area contributed by atoms with Gasteiger partial charge in [0, 0.05) is 25.2 Å². The Labute approximate surface area is 66.1 Å². The number of rotatable bonds is 2. The second kappa shape index (κ2) is 4.31. The minimum atomic E-state index is 0.107. The van der Waals surface area contributed by atoms with Crippen molar-refractivity contribution in [2.75, 3.05) is 19.8 Å². The Morgan fingerprint density at radius 3 is 3.09 bits per heavy atom. The van der Waals surface area contributed by atoms with Crippen molar-refractivity contribution < 1.29 is 10.3 Å². The van der Waals surface area contributed by atoms with E-state index in [1.807, 2.05) is 4.90 Å². The lowest BCUT2D eigenvalue weighted by molar-refractivity contribution is 0.0795. The standard InChI is InChI=1S/C7H14N2O2/c10-6-9-3-1-2-7(5-9)4-8-11/h4,7,10-11H,1-3,5-6H2/b8-4+. The zero-order chi connectivity index (χ0) is 8.10. The first-order valence-electron chi connectivity index (χ1n) is 3.87. The lowest BCUT2D eigenvalue weighted by Gasteiger charge is -2.28. The summed E-state index contributed by atoms with van der Waals surface area (Å²) in [6.45, 7) is 1.86. The van der Waals surface area contributed by atoms with E-state index in [1.54, 1.807) is 6.21 Å². The van der Waals surface area contributed by atoms with Crippen molar-refractivity contribution >= 4 is 6.21 Å². The molecule has 0 amide bonds. The summed E-state index contributed by atoms with van der Waals surface area (Å²) in [6.07, 6.45) is 3.67. The smallest absolute Gasteiger partial charge is 0.0956 e. The molecule has 2 N–H and O–H groups in total. The first-order valence-corrected chi connectivity index (χ1v) is 3.87. The van der Waals surface area contributed by atoms with Gasteiger partial charge in [-0.25, -0.2) is 0 Å². The molecule has 0 aliphatic carbocycles. The number of piperidine rings is 1. The van der Waals surface area contributed by atoms with Crippen LogP contribution in [0, 0.1) is 5.92 Å². The van der Waals surface area contributed by atoms with Crippen molar-refractivity contribution in [2.45, 2.75) is 12.8 Å². The molecule has 4 heteroatoms. The molecular formula is C7H14N2O2. The summed E-state index contributed by atoms with van der Waals surface area (Å²) in [5.41, 5.74) is 0. The Morgan fingerprint density at radius 2 is 2.45 bits per heavy atom. The molecule has 1 heterocycles. The molecule has 1 fully saturated rings. The van der Waals surface area contributed by atoms with Gasteiger partial charge in [-0.1, -0.05) is 0 Å². The molecule has 4 nitrogen and oxygen atoms in total. The number of aliphatic hydroxyl groups is 1. The second-order valence-corrected chi connectivity index (χ2v) is 2.89. The lowest BCUT2D eigenvalue weighted by Crippen LogP contribution is -2.36. The molecule has 0 spiro atoms. The van der Waals surface area contributed by atoms with Crippen LogP contribution in [0.4, 0.5) is 0 Å². The van der Waals surface area contributed by atoms with Crippen LogP contribution in [-0.2, 0) is 0 Å². The number of aliphatic hydroxyl groups excluding tert-OH is 1. The van der Waals surface area contributed by atoms with Gasteiger partial charge < -0.3 is 10.3 Å². The van der Waals surface area contributed by atoms with Gasteiger partial charge in [0.1, 0.15) is 0 Å². The molecule has 0 radical (unpaired) electrons. The highest BCUT2D eigenvalue weighted by Crippen LogP contribution is 2.13. The number of likely N-dealkylation sites (tertiary alicyclic amines) is 1. The van der Waals surface area contributed by atoms with E-state index in [-0.39, 0.29) is 6.73 Å². The van der Waals surface area contributed by atoms with E-state index in [1.165, 1.54) is 0 Å². The molecule has 1 aliphatic heterocycles. The molecule has 1 rings (SSSR count). The van der Waals surface area contributed by atoms with Crippen molar-refractivity contribution in [2.24, 2.45) is 11.1 Å². The number of hydrogen-bond donors (Lipinski definition) is 2. The highest BCUT2D eigenvalue weighted by molar-refractivity contribution is 5.60. The summed E-state index contributed by atoms with van der Waals surface area (Å²) >= 11 is 0. The minimum Gasteiger partial charge on any atom is -0.411 e. The van der Waals surface area contributed by atoms with Crippen LogP contribution in [0.3, 0.4) is 0 Å². The lowest BCUT2D eigenvalue weighted by atomic mass is 10.00. The second-order valence-electron chi connectivity index (χ2n) is 2.89. The number of nitrogens with zero attached hydrogens (tertiary/aromatic N) is 2. The van der Waals surface area contributed by atoms with E-state index in [0.717, 1.165) is 25.9 Å². The molecule has 1 saturated heterocycles. The monoisotopic (exact) mass is 158 g/mol. The molecule has 1 atom stereocenters. The average molecular weight is 158 g/mol. The van der Waals surface area contributed by atoms with E-state index in [2.05, 4.69) is 5.16 Å². The maximum atomic E-state index is 8.80.